The van der Waals surface area contributed by atoms with E-state index in [0.29, 0.717) is 36.9 Å². The number of aromatic amines is 1. The highest BCUT2D eigenvalue weighted by atomic mass is 32.1. The van der Waals surface area contributed by atoms with Crippen molar-refractivity contribution in [3.63, 3.8) is 0 Å². The molecule has 0 bridgehead atoms. The van der Waals surface area contributed by atoms with Crippen molar-refractivity contribution in [1.82, 2.24) is 9.88 Å². The number of ether oxygens (including phenoxy) is 2. The number of ketones is 1. The van der Waals surface area contributed by atoms with Gasteiger partial charge in [-0.2, -0.15) is 0 Å². The number of morpholine rings is 1. The van der Waals surface area contributed by atoms with Crippen molar-refractivity contribution < 1.29 is 23.9 Å². The van der Waals surface area contributed by atoms with Crippen molar-refractivity contribution in [2.24, 2.45) is 0 Å². The second kappa shape index (κ2) is 8.09. The first-order valence-corrected chi connectivity index (χ1v) is 8.73. The number of amides is 1. The highest BCUT2D eigenvalue weighted by Crippen LogP contribution is 2.19. The van der Waals surface area contributed by atoms with Gasteiger partial charge in [0.05, 0.1) is 24.5 Å². The van der Waals surface area contributed by atoms with Crippen LogP contribution in [0.4, 0.5) is 0 Å². The summed E-state index contributed by atoms with van der Waals surface area (Å²) >= 11 is 1.26. The van der Waals surface area contributed by atoms with Crippen LogP contribution in [0.25, 0.3) is 0 Å². The molecule has 1 aliphatic heterocycles. The third-order valence-corrected chi connectivity index (χ3v) is 4.90. The SMILES string of the molecule is O=C(OCC(=O)c1ccc(CC(=O)N2CCOCC2)s1)c1ccc[nH]1. The van der Waals surface area contributed by atoms with Crippen LogP contribution >= 0.6 is 11.3 Å². The predicted molar refractivity (Wildman–Crippen MR) is 90.8 cm³/mol. The van der Waals surface area contributed by atoms with Crippen LogP contribution in [0.3, 0.4) is 0 Å². The lowest BCUT2D eigenvalue weighted by Crippen LogP contribution is -2.41. The molecule has 132 valence electrons. The molecule has 0 atom stereocenters. The zero-order valence-corrected chi connectivity index (χ0v) is 14.3. The Morgan fingerprint density at radius 3 is 2.72 bits per heavy atom. The molecule has 8 heteroatoms. The highest BCUT2D eigenvalue weighted by molar-refractivity contribution is 7.14. The van der Waals surface area contributed by atoms with E-state index >= 15 is 0 Å². The number of nitrogens with one attached hydrogen (secondary N) is 1. The van der Waals surface area contributed by atoms with Gasteiger partial charge in [-0.15, -0.1) is 11.3 Å². The molecule has 3 heterocycles. The van der Waals surface area contributed by atoms with Crippen LogP contribution in [0, 0.1) is 0 Å². The number of hydrogen-bond donors (Lipinski definition) is 1. The van der Waals surface area contributed by atoms with Gasteiger partial charge in [-0.3, -0.25) is 9.59 Å². The lowest BCUT2D eigenvalue weighted by atomic mass is 10.2. The second-order valence-electron chi connectivity index (χ2n) is 5.52. The minimum atomic E-state index is -0.572. The standard InChI is InChI=1S/C17H18N2O5S/c20-14(11-24-17(22)13-2-1-5-18-13)15-4-3-12(25-15)10-16(21)19-6-8-23-9-7-19/h1-5,18H,6-11H2. The molecule has 7 nitrogen and oxygen atoms in total. The normalized spacial score (nSPS) is 14.3. The molecule has 1 amide bonds. The summed E-state index contributed by atoms with van der Waals surface area (Å²) in [5.41, 5.74) is 0.302. The fraction of sp³-hybridized carbons (Fsp3) is 0.353. The van der Waals surface area contributed by atoms with Gasteiger partial charge >= 0.3 is 5.97 Å². The van der Waals surface area contributed by atoms with E-state index < -0.39 is 5.97 Å². The second-order valence-corrected chi connectivity index (χ2v) is 6.69. The first-order chi connectivity index (χ1) is 12.1. The van der Waals surface area contributed by atoms with Crippen molar-refractivity contribution in [3.8, 4) is 0 Å². The van der Waals surface area contributed by atoms with Crippen molar-refractivity contribution >= 4 is 29.0 Å². The van der Waals surface area contributed by atoms with Crippen LogP contribution in [0.5, 0.6) is 0 Å². The number of carbonyl (C=O) groups excluding carboxylic acids is 3. The number of thiophene rings is 1. The highest BCUT2D eigenvalue weighted by Gasteiger charge is 2.19. The van der Waals surface area contributed by atoms with E-state index in [0.717, 1.165) is 4.88 Å². The molecule has 0 spiro atoms. The predicted octanol–water partition coefficient (Wildman–Crippen LogP) is 1.52. The molecular weight excluding hydrogens is 344 g/mol. The summed E-state index contributed by atoms with van der Waals surface area (Å²) < 4.78 is 10.2. The van der Waals surface area contributed by atoms with Crippen LogP contribution in [-0.4, -0.2) is 60.5 Å². The molecule has 1 N–H and O–H groups in total. The molecule has 0 unspecified atom stereocenters. The number of hydrogen-bond acceptors (Lipinski definition) is 6. The molecule has 0 radical (unpaired) electrons. The number of rotatable bonds is 6. The van der Waals surface area contributed by atoms with Gasteiger partial charge in [0.2, 0.25) is 11.7 Å². The summed E-state index contributed by atoms with van der Waals surface area (Å²) in [6.45, 7) is 2.00. The van der Waals surface area contributed by atoms with Gasteiger partial charge in [-0.05, 0) is 24.3 Å². The number of Topliss-reactive ketones (excluding diaryl/α,β-unsaturated/α-hetero) is 1. The Hall–Kier alpha value is -2.45. The largest absolute Gasteiger partial charge is 0.453 e. The molecular formula is C17H18N2O5S. The fourth-order valence-electron chi connectivity index (χ4n) is 2.43. The van der Waals surface area contributed by atoms with Crippen molar-refractivity contribution in [1.29, 1.82) is 0 Å². The van der Waals surface area contributed by atoms with Crippen LogP contribution in [0.2, 0.25) is 0 Å². The maximum absolute atomic E-state index is 12.2. The Balaban J connectivity index is 1.51. The molecule has 0 saturated carbocycles. The topological polar surface area (TPSA) is 88.7 Å². The molecule has 1 saturated heterocycles. The molecule has 1 aliphatic rings. The van der Waals surface area contributed by atoms with Gasteiger partial charge in [0.15, 0.2) is 6.61 Å². The zero-order chi connectivity index (χ0) is 17.6. The summed E-state index contributed by atoms with van der Waals surface area (Å²) in [6.07, 6.45) is 1.87. The summed E-state index contributed by atoms with van der Waals surface area (Å²) in [4.78, 5) is 41.8. The molecule has 3 rings (SSSR count). The number of esters is 1. The van der Waals surface area contributed by atoms with E-state index in [1.165, 1.54) is 11.3 Å². The summed E-state index contributed by atoms with van der Waals surface area (Å²) in [5, 5.41) is 0. The van der Waals surface area contributed by atoms with Crippen LogP contribution < -0.4 is 0 Å². The lowest BCUT2D eigenvalue weighted by molar-refractivity contribution is -0.134. The van der Waals surface area contributed by atoms with E-state index in [9.17, 15) is 14.4 Å². The average molecular weight is 362 g/mol. The number of aromatic nitrogens is 1. The zero-order valence-electron chi connectivity index (χ0n) is 13.5. The maximum Gasteiger partial charge on any atom is 0.355 e. The maximum atomic E-state index is 12.2. The molecule has 2 aromatic heterocycles. The number of H-pyrrole nitrogens is 1. The summed E-state index contributed by atoms with van der Waals surface area (Å²) in [5.74, 6) is -0.824. The van der Waals surface area contributed by atoms with Gasteiger partial charge in [-0.1, -0.05) is 0 Å². The number of nitrogens with zero attached hydrogens (tertiary/aromatic N) is 1. The van der Waals surface area contributed by atoms with Gasteiger partial charge in [-0.25, -0.2) is 4.79 Å². The average Bonchev–Trinajstić information content (AvgIpc) is 3.32. The third kappa shape index (κ3) is 4.55. The molecule has 2 aromatic rings. The van der Waals surface area contributed by atoms with Crippen LogP contribution in [-0.2, 0) is 20.7 Å². The van der Waals surface area contributed by atoms with Crippen molar-refractivity contribution in [2.75, 3.05) is 32.9 Å². The summed E-state index contributed by atoms with van der Waals surface area (Å²) in [6, 6.07) is 6.68. The Morgan fingerprint density at radius 2 is 2.00 bits per heavy atom. The van der Waals surface area contributed by atoms with E-state index in [4.69, 9.17) is 9.47 Å². The minimum Gasteiger partial charge on any atom is -0.453 e. The first-order valence-electron chi connectivity index (χ1n) is 7.91. The van der Waals surface area contributed by atoms with Crippen molar-refractivity contribution in [3.05, 3.63) is 45.9 Å². The summed E-state index contributed by atoms with van der Waals surface area (Å²) in [7, 11) is 0. The fourth-order valence-corrected chi connectivity index (χ4v) is 3.36. The Labute approximate surface area is 148 Å². The van der Waals surface area contributed by atoms with Gasteiger partial charge < -0.3 is 19.4 Å². The van der Waals surface area contributed by atoms with E-state index in [-0.39, 0.29) is 24.7 Å². The molecule has 0 aromatic carbocycles. The van der Waals surface area contributed by atoms with E-state index in [2.05, 4.69) is 4.98 Å². The number of carbonyl (C=O) groups is 3. The Bertz CT molecular complexity index is 747. The minimum absolute atomic E-state index is 0.0299. The molecule has 0 aliphatic carbocycles. The molecule has 25 heavy (non-hydrogen) atoms. The first kappa shape index (κ1) is 17.4. The van der Waals surface area contributed by atoms with Crippen molar-refractivity contribution in [2.45, 2.75) is 6.42 Å². The van der Waals surface area contributed by atoms with Gasteiger partial charge in [0.25, 0.3) is 0 Å². The monoisotopic (exact) mass is 362 g/mol. The quantitative estimate of drug-likeness (QED) is 0.622. The smallest absolute Gasteiger partial charge is 0.355 e. The van der Waals surface area contributed by atoms with Gasteiger partial charge in [0.1, 0.15) is 5.69 Å². The van der Waals surface area contributed by atoms with E-state index in [1.807, 2.05) is 0 Å². The van der Waals surface area contributed by atoms with Crippen LogP contribution in [0.1, 0.15) is 25.0 Å². The lowest BCUT2D eigenvalue weighted by Gasteiger charge is -2.26. The Morgan fingerprint density at radius 1 is 1.20 bits per heavy atom. The Kier molecular flexibility index (Phi) is 5.62. The van der Waals surface area contributed by atoms with Gasteiger partial charge in [0, 0.05) is 24.2 Å². The van der Waals surface area contributed by atoms with Crippen LogP contribution in [0.15, 0.2) is 30.5 Å². The van der Waals surface area contributed by atoms with E-state index in [1.54, 1.807) is 35.4 Å². The molecule has 1 fully saturated rings. The third-order valence-electron chi connectivity index (χ3n) is 3.78.